The molecule has 0 saturated carbocycles. The third-order valence-corrected chi connectivity index (χ3v) is 2.72. The zero-order chi connectivity index (χ0) is 12.8. The Morgan fingerprint density at radius 2 is 0.944 bits per heavy atom. The Balaban J connectivity index is 1.98. The van der Waals surface area contributed by atoms with Gasteiger partial charge in [0.05, 0.1) is 12.4 Å². The summed E-state index contributed by atoms with van der Waals surface area (Å²) in [5, 5.41) is 9.33. The molecule has 0 unspecified atom stereocenters. The van der Waals surface area contributed by atoms with E-state index in [-0.39, 0.29) is 0 Å². The number of halogens is 2. The van der Waals surface area contributed by atoms with Crippen LogP contribution in [0.15, 0.2) is 58.7 Å². The first-order valence-electron chi connectivity index (χ1n) is 5.31. The first-order chi connectivity index (χ1) is 8.74. The van der Waals surface area contributed by atoms with Crippen LogP contribution in [0.1, 0.15) is 11.1 Å². The lowest BCUT2D eigenvalue weighted by Gasteiger charge is -1.92. The van der Waals surface area contributed by atoms with Gasteiger partial charge in [0, 0.05) is 10.0 Å². The van der Waals surface area contributed by atoms with E-state index < -0.39 is 0 Å². The lowest BCUT2D eigenvalue weighted by molar-refractivity contribution is 1.26. The standard InChI is InChI=1S/C14H10Cl2N2/c15-13-5-1-11(2-6-13)9-17-18-10-12-3-7-14(16)8-4-12/h1-10H. The summed E-state index contributed by atoms with van der Waals surface area (Å²) in [5.74, 6) is 0. The first kappa shape index (κ1) is 12.8. The lowest BCUT2D eigenvalue weighted by atomic mass is 10.2. The van der Waals surface area contributed by atoms with Gasteiger partial charge in [0.2, 0.25) is 0 Å². The number of nitrogens with zero attached hydrogens (tertiary/aromatic N) is 2. The maximum Gasteiger partial charge on any atom is 0.0568 e. The van der Waals surface area contributed by atoms with Gasteiger partial charge in [0.1, 0.15) is 0 Å². The molecule has 18 heavy (non-hydrogen) atoms. The fraction of sp³-hybridized carbons (Fsp3) is 0. The smallest absolute Gasteiger partial charge is 0.0568 e. The van der Waals surface area contributed by atoms with Crippen LogP contribution < -0.4 is 0 Å². The van der Waals surface area contributed by atoms with Gasteiger partial charge in [-0.05, 0) is 35.4 Å². The van der Waals surface area contributed by atoms with E-state index in [4.69, 9.17) is 23.2 Å². The van der Waals surface area contributed by atoms with Gasteiger partial charge < -0.3 is 0 Å². The minimum absolute atomic E-state index is 0.705. The van der Waals surface area contributed by atoms with Gasteiger partial charge in [-0.15, -0.1) is 0 Å². The minimum Gasteiger partial charge on any atom is -0.159 e. The van der Waals surface area contributed by atoms with Gasteiger partial charge in [-0.1, -0.05) is 47.5 Å². The molecule has 0 atom stereocenters. The molecule has 0 aromatic heterocycles. The Bertz CT molecular complexity index is 504. The van der Waals surface area contributed by atoms with Gasteiger partial charge in [-0.2, -0.15) is 10.2 Å². The van der Waals surface area contributed by atoms with E-state index in [1.807, 2.05) is 48.5 Å². The second kappa shape index (κ2) is 6.34. The molecule has 2 aromatic carbocycles. The van der Waals surface area contributed by atoms with E-state index in [1.54, 1.807) is 12.4 Å². The summed E-state index contributed by atoms with van der Waals surface area (Å²) in [5.41, 5.74) is 1.90. The molecule has 0 bridgehead atoms. The molecule has 0 fully saturated rings. The molecule has 0 N–H and O–H groups in total. The number of hydrogen-bond acceptors (Lipinski definition) is 2. The van der Waals surface area contributed by atoms with Crippen molar-refractivity contribution in [1.29, 1.82) is 0 Å². The van der Waals surface area contributed by atoms with Gasteiger partial charge in [-0.25, -0.2) is 0 Å². The first-order valence-corrected chi connectivity index (χ1v) is 6.07. The molecule has 0 aliphatic carbocycles. The van der Waals surface area contributed by atoms with Gasteiger partial charge in [-0.3, -0.25) is 0 Å². The lowest BCUT2D eigenvalue weighted by Crippen LogP contribution is -1.80. The average molecular weight is 277 g/mol. The van der Waals surface area contributed by atoms with Gasteiger partial charge in [0.25, 0.3) is 0 Å². The SMILES string of the molecule is Clc1ccc(C=NN=Cc2ccc(Cl)cc2)cc1. The molecule has 4 heteroatoms. The third-order valence-electron chi connectivity index (χ3n) is 2.22. The molecule has 90 valence electrons. The van der Waals surface area contributed by atoms with Crippen molar-refractivity contribution in [3.8, 4) is 0 Å². The monoisotopic (exact) mass is 276 g/mol. The molecule has 0 heterocycles. The summed E-state index contributed by atoms with van der Waals surface area (Å²) in [6, 6.07) is 14.8. The molecule has 0 saturated heterocycles. The molecule has 0 radical (unpaired) electrons. The number of rotatable bonds is 3. The van der Waals surface area contributed by atoms with E-state index >= 15 is 0 Å². The Kier molecular flexibility index (Phi) is 4.51. The van der Waals surface area contributed by atoms with Gasteiger partial charge in [0.15, 0.2) is 0 Å². The molecular formula is C14H10Cl2N2. The maximum atomic E-state index is 5.78. The van der Waals surface area contributed by atoms with Crippen LogP contribution in [0.4, 0.5) is 0 Å². The fourth-order valence-corrected chi connectivity index (χ4v) is 1.55. The molecule has 0 spiro atoms. The molecule has 0 aliphatic heterocycles. The zero-order valence-corrected chi connectivity index (χ0v) is 10.9. The van der Waals surface area contributed by atoms with Crippen molar-refractivity contribution in [1.82, 2.24) is 0 Å². The summed E-state index contributed by atoms with van der Waals surface area (Å²) in [6.45, 7) is 0. The van der Waals surface area contributed by atoms with Crippen LogP contribution in [0.5, 0.6) is 0 Å². The van der Waals surface area contributed by atoms with Crippen LogP contribution in [0.2, 0.25) is 10.0 Å². The Morgan fingerprint density at radius 1 is 0.611 bits per heavy atom. The summed E-state index contributed by atoms with van der Waals surface area (Å²) in [7, 11) is 0. The van der Waals surface area contributed by atoms with Crippen molar-refractivity contribution in [3.63, 3.8) is 0 Å². The van der Waals surface area contributed by atoms with Crippen LogP contribution in [-0.4, -0.2) is 12.4 Å². The van der Waals surface area contributed by atoms with E-state index in [0.717, 1.165) is 11.1 Å². The third kappa shape index (κ3) is 3.99. The highest BCUT2D eigenvalue weighted by atomic mass is 35.5. The highest BCUT2D eigenvalue weighted by Crippen LogP contribution is 2.09. The Labute approximate surface area is 116 Å². The van der Waals surface area contributed by atoms with Crippen molar-refractivity contribution in [2.75, 3.05) is 0 Å². The predicted octanol–water partition coefficient (Wildman–Crippen LogP) is 4.45. The maximum absolute atomic E-state index is 5.78. The van der Waals surface area contributed by atoms with E-state index in [2.05, 4.69) is 10.2 Å². The van der Waals surface area contributed by atoms with Crippen LogP contribution in [0, 0.1) is 0 Å². The van der Waals surface area contributed by atoms with E-state index in [9.17, 15) is 0 Å². The van der Waals surface area contributed by atoms with Crippen molar-refractivity contribution in [2.24, 2.45) is 10.2 Å². The molecule has 0 amide bonds. The van der Waals surface area contributed by atoms with Crippen LogP contribution in [0.25, 0.3) is 0 Å². The number of benzene rings is 2. The van der Waals surface area contributed by atoms with Crippen LogP contribution in [0.3, 0.4) is 0 Å². The van der Waals surface area contributed by atoms with Crippen LogP contribution in [-0.2, 0) is 0 Å². The number of hydrogen-bond donors (Lipinski definition) is 0. The van der Waals surface area contributed by atoms with Crippen LogP contribution >= 0.6 is 23.2 Å². The molecule has 2 nitrogen and oxygen atoms in total. The molecule has 2 aromatic rings. The average Bonchev–Trinajstić information content (AvgIpc) is 2.39. The van der Waals surface area contributed by atoms with E-state index in [0.29, 0.717) is 10.0 Å². The normalized spacial score (nSPS) is 11.4. The molecule has 0 aliphatic rings. The Hall–Kier alpha value is -1.64. The molecular weight excluding hydrogens is 267 g/mol. The summed E-state index contributed by atoms with van der Waals surface area (Å²) >= 11 is 11.6. The summed E-state index contributed by atoms with van der Waals surface area (Å²) in [6.07, 6.45) is 3.34. The molecule has 2 rings (SSSR count). The topological polar surface area (TPSA) is 24.7 Å². The quantitative estimate of drug-likeness (QED) is 0.585. The summed E-state index contributed by atoms with van der Waals surface area (Å²) in [4.78, 5) is 0. The fourth-order valence-electron chi connectivity index (χ4n) is 1.30. The summed E-state index contributed by atoms with van der Waals surface area (Å²) < 4.78 is 0. The zero-order valence-electron chi connectivity index (χ0n) is 9.42. The van der Waals surface area contributed by atoms with Crippen molar-refractivity contribution in [2.45, 2.75) is 0 Å². The predicted molar refractivity (Wildman–Crippen MR) is 78.1 cm³/mol. The van der Waals surface area contributed by atoms with Crippen molar-refractivity contribution >= 4 is 35.6 Å². The van der Waals surface area contributed by atoms with Gasteiger partial charge >= 0.3 is 0 Å². The minimum atomic E-state index is 0.705. The van der Waals surface area contributed by atoms with Crippen molar-refractivity contribution < 1.29 is 0 Å². The highest BCUT2D eigenvalue weighted by molar-refractivity contribution is 6.30. The second-order valence-electron chi connectivity index (χ2n) is 3.59. The Morgan fingerprint density at radius 3 is 1.28 bits per heavy atom. The largest absolute Gasteiger partial charge is 0.159 e. The van der Waals surface area contributed by atoms with E-state index in [1.165, 1.54) is 0 Å². The van der Waals surface area contributed by atoms with Crippen molar-refractivity contribution in [3.05, 3.63) is 69.7 Å². The second-order valence-corrected chi connectivity index (χ2v) is 4.47. The highest BCUT2D eigenvalue weighted by Gasteiger charge is 1.89.